The zero-order chi connectivity index (χ0) is 15.0. The first-order valence-electron chi connectivity index (χ1n) is 4.73. The summed E-state index contributed by atoms with van der Waals surface area (Å²) in [5.74, 6) is -1.63. The van der Waals surface area contributed by atoms with Gasteiger partial charge in [-0.2, -0.15) is 0 Å². The van der Waals surface area contributed by atoms with E-state index in [0.717, 1.165) is 12.2 Å². The van der Waals surface area contributed by atoms with Gasteiger partial charge in [-0.3, -0.25) is 9.59 Å². The van der Waals surface area contributed by atoms with Crippen LogP contribution >= 0.6 is 0 Å². The van der Waals surface area contributed by atoms with Gasteiger partial charge >= 0.3 is 29.6 Å². The van der Waals surface area contributed by atoms with Gasteiger partial charge in [0.25, 0.3) is 0 Å². The first kappa shape index (κ1) is 23.4. The van der Waals surface area contributed by atoms with E-state index in [1.165, 1.54) is 13.8 Å². The maximum Gasteiger partial charge on any atom is 1.00 e. The number of hydrogen-bond acceptors (Lipinski definition) is 5. The second-order valence-electron chi connectivity index (χ2n) is 3.89. The van der Waals surface area contributed by atoms with Crippen molar-refractivity contribution in [3.05, 3.63) is 25.3 Å². The Morgan fingerprint density at radius 3 is 1.89 bits per heavy atom. The molecule has 9 heteroatoms. The van der Waals surface area contributed by atoms with E-state index in [0.29, 0.717) is 0 Å². The summed E-state index contributed by atoms with van der Waals surface area (Å²) in [6.07, 6.45) is 2.07. The number of primary amides is 1. The van der Waals surface area contributed by atoms with Gasteiger partial charge in [0.1, 0.15) is 0 Å². The zero-order valence-corrected chi connectivity index (χ0v) is 14.1. The standard InChI is InChI=1S/C7H13NO4S.C3H5NO.Na/c1-4-6(9)8-7(2,3)5-13(10,11)12;1-2-3(4)5;/h4H,1,5H2,2-3H3,(H,8,9)(H,10,11,12);2H,1H2,(H2,4,5);/q;;+1/p-1. The van der Waals surface area contributed by atoms with E-state index in [4.69, 9.17) is 0 Å². The van der Waals surface area contributed by atoms with E-state index in [-0.39, 0.29) is 29.6 Å². The molecule has 0 aliphatic carbocycles. The molecule has 0 unspecified atom stereocenters. The smallest absolute Gasteiger partial charge is 0.748 e. The third-order valence-corrected chi connectivity index (χ3v) is 2.46. The van der Waals surface area contributed by atoms with E-state index in [1.807, 2.05) is 0 Å². The molecule has 7 nitrogen and oxygen atoms in total. The maximum atomic E-state index is 10.8. The molecule has 0 spiro atoms. The van der Waals surface area contributed by atoms with Gasteiger partial charge in [0.2, 0.25) is 11.8 Å². The number of carbonyl (C=O) groups is 2. The summed E-state index contributed by atoms with van der Waals surface area (Å²) in [4.78, 5) is 20.3. The Labute approximate surface area is 135 Å². The summed E-state index contributed by atoms with van der Waals surface area (Å²) in [5.41, 5.74) is 3.47. The molecule has 104 valence electrons. The molecule has 0 saturated heterocycles. The third kappa shape index (κ3) is 19.8. The van der Waals surface area contributed by atoms with Crippen LogP contribution in [0, 0.1) is 0 Å². The summed E-state index contributed by atoms with van der Waals surface area (Å²) in [6.45, 7) is 9.18. The fourth-order valence-corrected chi connectivity index (χ4v) is 1.82. The number of nitrogens with two attached hydrogens (primary N) is 1. The third-order valence-electron chi connectivity index (χ3n) is 1.39. The Morgan fingerprint density at radius 2 is 1.68 bits per heavy atom. The van der Waals surface area contributed by atoms with Crippen molar-refractivity contribution < 1.29 is 52.1 Å². The average molecular weight is 300 g/mol. The van der Waals surface area contributed by atoms with Crippen molar-refractivity contribution in [2.24, 2.45) is 5.73 Å². The van der Waals surface area contributed by atoms with E-state index < -0.39 is 33.2 Å². The van der Waals surface area contributed by atoms with Gasteiger partial charge in [0.05, 0.1) is 15.9 Å². The number of rotatable bonds is 5. The fourth-order valence-electron chi connectivity index (χ4n) is 0.863. The number of nitrogens with one attached hydrogen (secondary N) is 1. The van der Waals surface area contributed by atoms with Crippen molar-refractivity contribution in [3.63, 3.8) is 0 Å². The average Bonchev–Trinajstić information content (AvgIpc) is 2.13. The first-order chi connectivity index (χ1) is 7.93. The molecule has 0 aromatic rings. The van der Waals surface area contributed by atoms with Crippen molar-refractivity contribution in [1.82, 2.24) is 5.32 Å². The number of amides is 2. The fraction of sp³-hybridized carbons (Fsp3) is 0.400. The molecule has 0 aliphatic rings. The molecule has 0 saturated carbocycles. The Morgan fingerprint density at radius 1 is 1.32 bits per heavy atom. The van der Waals surface area contributed by atoms with E-state index in [2.05, 4.69) is 24.2 Å². The molecule has 0 aromatic carbocycles. The summed E-state index contributed by atoms with van der Waals surface area (Å²) in [7, 11) is -4.33. The van der Waals surface area contributed by atoms with Crippen LogP contribution in [0.4, 0.5) is 0 Å². The van der Waals surface area contributed by atoms with Gasteiger partial charge in [-0.15, -0.1) is 0 Å². The van der Waals surface area contributed by atoms with Gasteiger partial charge in [-0.25, -0.2) is 8.42 Å². The molecule has 19 heavy (non-hydrogen) atoms. The molecule has 0 bridgehead atoms. The molecular formula is C10H17N2NaO5S. The van der Waals surface area contributed by atoms with Crippen LogP contribution in [-0.4, -0.2) is 36.1 Å². The van der Waals surface area contributed by atoms with Crippen LogP contribution < -0.4 is 40.6 Å². The van der Waals surface area contributed by atoms with Crippen LogP contribution in [0.3, 0.4) is 0 Å². The minimum Gasteiger partial charge on any atom is -0.748 e. The Bertz CT molecular complexity index is 431. The maximum absolute atomic E-state index is 10.8. The predicted octanol–water partition coefficient (Wildman–Crippen LogP) is -3.73. The first-order valence-corrected chi connectivity index (χ1v) is 6.31. The topological polar surface area (TPSA) is 129 Å². The molecule has 0 heterocycles. The van der Waals surface area contributed by atoms with Crippen molar-refractivity contribution >= 4 is 21.9 Å². The summed E-state index contributed by atoms with van der Waals surface area (Å²) in [5, 5.41) is 2.33. The van der Waals surface area contributed by atoms with Crippen LogP contribution in [0.15, 0.2) is 25.3 Å². The van der Waals surface area contributed by atoms with E-state index in [1.54, 1.807) is 0 Å². The van der Waals surface area contributed by atoms with Gasteiger partial charge in [-0.1, -0.05) is 13.2 Å². The SMILES string of the molecule is C=CC(=O)NC(C)(C)CS(=O)(=O)[O-].C=CC(N)=O.[Na+]. The van der Waals surface area contributed by atoms with Crippen molar-refractivity contribution in [1.29, 1.82) is 0 Å². The van der Waals surface area contributed by atoms with E-state index in [9.17, 15) is 22.6 Å². The van der Waals surface area contributed by atoms with E-state index >= 15 is 0 Å². The minimum absolute atomic E-state index is 0. The normalized spacial score (nSPS) is 10.1. The Hall–Kier alpha value is -0.670. The van der Waals surface area contributed by atoms with Crippen LogP contribution in [0.5, 0.6) is 0 Å². The van der Waals surface area contributed by atoms with Crippen molar-refractivity contribution in [2.45, 2.75) is 19.4 Å². The molecular weight excluding hydrogens is 283 g/mol. The summed E-state index contributed by atoms with van der Waals surface area (Å²) >= 11 is 0. The Balaban J connectivity index is -0.000000366. The summed E-state index contributed by atoms with van der Waals surface area (Å²) in [6, 6.07) is 0. The largest absolute Gasteiger partial charge is 1.00 e. The van der Waals surface area contributed by atoms with Gasteiger partial charge in [0.15, 0.2) is 0 Å². The molecule has 0 radical (unpaired) electrons. The minimum atomic E-state index is -4.33. The molecule has 0 fully saturated rings. The van der Waals surface area contributed by atoms with Gasteiger partial charge < -0.3 is 15.6 Å². The quantitative estimate of drug-likeness (QED) is 0.306. The molecule has 0 aliphatic heterocycles. The van der Waals surface area contributed by atoms with Crippen LogP contribution in [0.1, 0.15) is 13.8 Å². The second kappa shape index (κ2) is 10.2. The zero-order valence-electron chi connectivity index (χ0n) is 11.3. The van der Waals surface area contributed by atoms with Crippen molar-refractivity contribution in [3.8, 4) is 0 Å². The van der Waals surface area contributed by atoms with Gasteiger partial charge in [0, 0.05) is 5.54 Å². The molecule has 3 N–H and O–H groups in total. The Kier molecular flexibility index (Phi) is 12.5. The predicted molar refractivity (Wildman–Crippen MR) is 66.4 cm³/mol. The molecule has 0 rings (SSSR count). The molecule has 2 amide bonds. The monoisotopic (exact) mass is 300 g/mol. The second-order valence-corrected chi connectivity index (χ2v) is 5.29. The van der Waals surface area contributed by atoms with Crippen LogP contribution in [0.2, 0.25) is 0 Å². The molecule has 0 aromatic heterocycles. The molecule has 0 atom stereocenters. The number of carbonyl (C=O) groups excluding carboxylic acids is 2. The van der Waals surface area contributed by atoms with Gasteiger partial charge in [-0.05, 0) is 26.0 Å². The van der Waals surface area contributed by atoms with Crippen LogP contribution in [-0.2, 0) is 19.7 Å². The van der Waals surface area contributed by atoms with Crippen LogP contribution in [0.25, 0.3) is 0 Å². The summed E-state index contributed by atoms with van der Waals surface area (Å²) < 4.78 is 31.2. The number of hydrogen-bond donors (Lipinski definition) is 2. The van der Waals surface area contributed by atoms with Crippen molar-refractivity contribution in [2.75, 3.05) is 5.75 Å².